The van der Waals surface area contributed by atoms with E-state index in [1.165, 1.54) is 50.8 Å². The number of hydrogen-bond acceptors (Lipinski definition) is 3. The zero-order chi connectivity index (χ0) is 40.5. The molecule has 0 amide bonds. The molecule has 0 saturated carbocycles. The van der Waals surface area contributed by atoms with Crippen molar-refractivity contribution in [1.82, 2.24) is 9.97 Å². The third kappa shape index (κ3) is 9.23. The minimum Gasteiger partial charge on any atom is -0.501 e. The fourth-order valence-corrected chi connectivity index (χ4v) is 16.4. The van der Waals surface area contributed by atoms with Gasteiger partial charge in [-0.25, -0.2) is 0 Å². The molecule has 3 aromatic heterocycles. The van der Waals surface area contributed by atoms with E-state index in [1.807, 2.05) is 36.5 Å². The number of fused-ring (bicyclic) bond motifs is 6. The molecular formula is C53H58IrN2OSi-2. The summed E-state index contributed by atoms with van der Waals surface area (Å²) in [5.74, 6) is 2.02. The fraction of sp³-hybridized carbons (Fsp3) is 0.321. The van der Waals surface area contributed by atoms with Gasteiger partial charge in [0, 0.05) is 37.9 Å². The Labute approximate surface area is 361 Å². The van der Waals surface area contributed by atoms with Gasteiger partial charge in [0.05, 0.1) is 13.7 Å². The molecular weight excluding hydrogens is 901 g/mol. The normalized spacial score (nSPS) is 12.2. The molecule has 8 rings (SSSR count). The number of nitrogens with zero attached hydrogens (tertiary/aromatic N) is 2. The Morgan fingerprint density at radius 2 is 1.33 bits per heavy atom. The van der Waals surface area contributed by atoms with Crippen LogP contribution in [0.2, 0.25) is 18.1 Å². The van der Waals surface area contributed by atoms with E-state index in [0.717, 1.165) is 44.5 Å². The molecule has 8 aromatic rings. The van der Waals surface area contributed by atoms with Crippen molar-refractivity contribution in [2.45, 2.75) is 92.8 Å². The Balaban J connectivity index is 0.000000280. The van der Waals surface area contributed by atoms with Gasteiger partial charge in [-0.2, -0.15) is 0 Å². The Kier molecular flexibility index (Phi) is 13.3. The average molecular weight is 959 g/mol. The van der Waals surface area contributed by atoms with Gasteiger partial charge in [0.2, 0.25) is 0 Å². The SMILES string of the molecule is CC(C)(C)c1ccnc(-c2[c-]cccc2)c1.Cc1cnc(-c2[c-]ccc3c2oc2cc4c(ccc5ccccc54)cc23)cc1[Si](CC(C)C)(CC(C)C)CC(C)C.[Ir]. The maximum absolute atomic E-state index is 6.68. The van der Waals surface area contributed by atoms with E-state index >= 15 is 0 Å². The van der Waals surface area contributed by atoms with E-state index in [4.69, 9.17) is 9.40 Å². The summed E-state index contributed by atoms with van der Waals surface area (Å²) in [4.78, 5) is 9.40. The number of pyridine rings is 2. The molecule has 0 aliphatic carbocycles. The number of benzene rings is 5. The summed E-state index contributed by atoms with van der Waals surface area (Å²) in [6.07, 6.45) is 3.99. The van der Waals surface area contributed by atoms with Gasteiger partial charge >= 0.3 is 0 Å². The van der Waals surface area contributed by atoms with Gasteiger partial charge in [-0.05, 0) is 92.4 Å². The van der Waals surface area contributed by atoms with Crippen molar-refractivity contribution in [3.63, 3.8) is 0 Å². The zero-order valence-electron chi connectivity index (χ0n) is 36.0. The van der Waals surface area contributed by atoms with Crippen LogP contribution in [0.15, 0.2) is 120 Å². The summed E-state index contributed by atoms with van der Waals surface area (Å²) in [6.45, 7) is 23.3. The molecule has 3 nitrogen and oxygen atoms in total. The first-order valence-electron chi connectivity index (χ1n) is 20.8. The molecule has 3 heterocycles. The predicted octanol–water partition coefficient (Wildman–Crippen LogP) is 14.5. The molecule has 0 N–H and O–H groups in total. The summed E-state index contributed by atoms with van der Waals surface area (Å²) in [5.41, 5.74) is 8.60. The topological polar surface area (TPSA) is 38.9 Å². The molecule has 0 aliphatic rings. The van der Waals surface area contributed by atoms with Crippen LogP contribution in [-0.4, -0.2) is 18.0 Å². The first kappa shape index (κ1) is 43.2. The number of rotatable bonds is 9. The van der Waals surface area contributed by atoms with Crippen molar-refractivity contribution in [3.05, 3.63) is 139 Å². The Morgan fingerprint density at radius 3 is 2.00 bits per heavy atom. The fourth-order valence-electron chi connectivity index (χ4n) is 9.19. The van der Waals surface area contributed by atoms with Crippen LogP contribution in [0, 0.1) is 36.8 Å². The molecule has 1 radical (unpaired) electrons. The maximum atomic E-state index is 6.68. The average Bonchev–Trinajstić information content (AvgIpc) is 3.54. The molecule has 0 saturated heterocycles. The van der Waals surface area contributed by atoms with Gasteiger partial charge in [-0.3, -0.25) is 0 Å². The summed E-state index contributed by atoms with van der Waals surface area (Å²) >= 11 is 0. The number of hydrogen-bond donors (Lipinski definition) is 0. The van der Waals surface area contributed by atoms with Gasteiger partial charge in [0.1, 0.15) is 5.58 Å². The smallest absolute Gasteiger partial charge is 0.121 e. The molecule has 5 aromatic carbocycles. The molecule has 0 atom stereocenters. The quantitative estimate of drug-likeness (QED) is 0.0822. The minimum atomic E-state index is -1.81. The van der Waals surface area contributed by atoms with Crippen molar-refractivity contribution in [3.8, 4) is 22.5 Å². The molecule has 0 spiro atoms. The number of aryl methyl sites for hydroxylation is 1. The minimum absolute atomic E-state index is 0. The van der Waals surface area contributed by atoms with E-state index in [-0.39, 0.29) is 25.5 Å². The van der Waals surface area contributed by atoms with E-state index < -0.39 is 8.07 Å². The molecule has 301 valence electrons. The van der Waals surface area contributed by atoms with Crippen molar-refractivity contribution in [1.29, 1.82) is 0 Å². The van der Waals surface area contributed by atoms with Crippen molar-refractivity contribution < 1.29 is 24.5 Å². The first-order valence-corrected chi connectivity index (χ1v) is 23.4. The maximum Gasteiger partial charge on any atom is 0.121 e. The summed E-state index contributed by atoms with van der Waals surface area (Å²) in [5, 5.41) is 8.82. The van der Waals surface area contributed by atoms with Crippen LogP contribution in [0.5, 0.6) is 0 Å². The summed E-state index contributed by atoms with van der Waals surface area (Å²) in [6, 6.07) is 47.0. The van der Waals surface area contributed by atoms with Crippen LogP contribution >= 0.6 is 0 Å². The molecule has 0 unspecified atom stereocenters. The Bertz CT molecular complexity index is 2630. The van der Waals surface area contributed by atoms with Gasteiger partial charge in [-0.1, -0.05) is 145 Å². The van der Waals surface area contributed by atoms with E-state index in [2.05, 4.69) is 165 Å². The van der Waals surface area contributed by atoms with Crippen LogP contribution in [0.25, 0.3) is 66.0 Å². The second-order valence-electron chi connectivity index (χ2n) is 18.5. The number of furan rings is 1. The third-order valence-corrected chi connectivity index (χ3v) is 17.7. The summed E-state index contributed by atoms with van der Waals surface area (Å²) in [7, 11) is -1.81. The van der Waals surface area contributed by atoms with Crippen molar-refractivity contribution >= 4 is 56.7 Å². The van der Waals surface area contributed by atoms with Gasteiger partial charge in [0.25, 0.3) is 0 Å². The molecule has 58 heavy (non-hydrogen) atoms. The van der Waals surface area contributed by atoms with E-state index in [9.17, 15) is 0 Å². The van der Waals surface area contributed by atoms with Crippen LogP contribution < -0.4 is 5.19 Å². The monoisotopic (exact) mass is 959 g/mol. The van der Waals surface area contributed by atoms with Gasteiger partial charge in [-0.15, -0.1) is 54.1 Å². The standard InChI is InChI=1S/C38H42NOSi.C15H16N.Ir/c1-24(2)21-41(22-25(3)4,23-26(5)6)37-19-35(39-20-27(37)7)32-14-10-13-31-34-17-29-16-15-28-11-8-9-12-30(28)33(29)18-36(34)40-38(31)32;1-15(2,3)13-9-10-16-14(11-13)12-7-5-4-6-8-12;/h8-13,15-20,24-26H,21-23H2,1-7H3;4-7,9-11H,1-3H3;/q2*-1;. The second-order valence-corrected chi connectivity index (χ2v) is 22.8. The predicted molar refractivity (Wildman–Crippen MR) is 247 cm³/mol. The van der Waals surface area contributed by atoms with E-state index in [0.29, 0.717) is 17.8 Å². The Morgan fingerprint density at radius 1 is 0.638 bits per heavy atom. The van der Waals surface area contributed by atoms with Gasteiger partial charge in [0.15, 0.2) is 0 Å². The molecule has 5 heteroatoms. The molecule has 0 bridgehead atoms. The van der Waals surface area contributed by atoms with Crippen molar-refractivity contribution in [2.24, 2.45) is 17.8 Å². The van der Waals surface area contributed by atoms with Gasteiger partial charge < -0.3 is 14.4 Å². The van der Waals surface area contributed by atoms with Crippen LogP contribution in [0.1, 0.15) is 73.4 Å². The van der Waals surface area contributed by atoms with Crippen LogP contribution in [-0.2, 0) is 25.5 Å². The Hall–Kier alpha value is -4.41. The molecule has 0 aliphatic heterocycles. The second kappa shape index (κ2) is 17.8. The zero-order valence-corrected chi connectivity index (χ0v) is 39.4. The van der Waals surface area contributed by atoms with Crippen LogP contribution in [0.4, 0.5) is 0 Å². The first-order chi connectivity index (χ1) is 27.2. The summed E-state index contributed by atoms with van der Waals surface area (Å²) < 4.78 is 6.68. The number of aromatic nitrogens is 2. The van der Waals surface area contributed by atoms with E-state index in [1.54, 1.807) is 5.19 Å². The molecule has 0 fully saturated rings. The largest absolute Gasteiger partial charge is 0.501 e. The van der Waals surface area contributed by atoms with Crippen LogP contribution in [0.3, 0.4) is 0 Å². The third-order valence-electron chi connectivity index (χ3n) is 11.2. The van der Waals surface area contributed by atoms with Crippen molar-refractivity contribution in [2.75, 3.05) is 0 Å².